The van der Waals surface area contributed by atoms with Gasteiger partial charge in [0, 0.05) is 13.5 Å². The van der Waals surface area contributed by atoms with Crippen LogP contribution in [0.5, 0.6) is 0 Å². The summed E-state index contributed by atoms with van der Waals surface area (Å²) in [5.74, 6) is 0. The summed E-state index contributed by atoms with van der Waals surface area (Å²) in [5, 5.41) is 10.7. The van der Waals surface area contributed by atoms with E-state index in [9.17, 15) is 9.90 Å². The first-order valence-corrected chi connectivity index (χ1v) is 14.7. The Labute approximate surface area is 240 Å². The predicted molar refractivity (Wildman–Crippen MR) is 157 cm³/mol. The molecule has 1 saturated carbocycles. The van der Waals surface area contributed by atoms with Crippen LogP contribution in [0.2, 0.25) is 0 Å². The van der Waals surface area contributed by atoms with Crippen molar-refractivity contribution in [1.29, 1.82) is 0 Å². The third-order valence-corrected chi connectivity index (χ3v) is 7.16. The van der Waals surface area contributed by atoms with Crippen molar-refractivity contribution in [2.75, 3.05) is 13.7 Å². The van der Waals surface area contributed by atoms with Gasteiger partial charge in [-0.25, -0.2) is 4.79 Å². The molecule has 1 amide bonds. The van der Waals surface area contributed by atoms with Crippen molar-refractivity contribution in [1.82, 2.24) is 4.90 Å². The monoisotopic (exact) mass is 555 g/mol. The van der Waals surface area contributed by atoms with E-state index in [0.717, 1.165) is 36.8 Å². The SMILES string of the molecule is CCCCCCC(O)CO[C@H]1[C@H](N(C)C(=O)OC(C)(C)C)[C@@H](OCc2ccccc2)C[C@H]1OCc1ccccc1. The van der Waals surface area contributed by atoms with Crippen LogP contribution < -0.4 is 0 Å². The number of aliphatic hydroxyl groups excluding tert-OH is 1. The molecule has 0 radical (unpaired) electrons. The molecular formula is C33H49NO6. The summed E-state index contributed by atoms with van der Waals surface area (Å²) in [6, 6.07) is 19.5. The number of nitrogens with zero attached hydrogens (tertiary/aromatic N) is 1. The summed E-state index contributed by atoms with van der Waals surface area (Å²) in [7, 11) is 1.73. The number of amides is 1. The Morgan fingerprint density at radius 1 is 0.900 bits per heavy atom. The standard InChI is InChI=1S/C33H49NO6/c1-6-7-8-15-20-27(35)24-39-31-29(38-23-26-18-13-10-14-19-26)21-28(37-22-25-16-11-9-12-17-25)30(31)34(5)32(36)40-33(2,3)4/h9-14,16-19,27-31,35H,6-8,15,20-24H2,1-5H3/t27?,28-,29+,30+,31+/m0/s1. The predicted octanol–water partition coefficient (Wildman–Crippen LogP) is 6.51. The van der Waals surface area contributed by atoms with Crippen LogP contribution in [0.1, 0.15) is 77.3 Å². The Hall–Kier alpha value is -2.45. The first-order valence-electron chi connectivity index (χ1n) is 14.7. The average Bonchev–Trinajstić information content (AvgIpc) is 3.28. The van der Waals surface area contributed by atoms with E-state index in [1.54, 1.807) is 11.9 Å². The van der Waals surface area contributed by atoms with Gasteiger partial charge in [-0.2, -0.15) is 0 Å². The van der Waals surface area contributed by atoms with Crippen molar-refractivity contribution >= 4 is 6.09 Å². The largest absolute Gasteiger partial charge is 0.444 e. The van der Waals surface area contributed by atoms with Crippen molar-refractivity contribution < 1.29 is 28.8 Å². The number of carbonyl (C=O) groups is 1. The molecular weight excluding hydrogens is 506 g/mol. The molecule has 222 valence electrons. The minimum atomic E-state index is -0.640. The van der Waals surface area contributed by atoms with Gasteiger partial charge < -0.3 is 29.0 Å². The molecule has 0 aromatic heterocycles. The fourth-order valence-electron chi connectivity index (χ4n) is 5.06. The molecule has 3 rings (SSSR count). The first kappa shape index (κ1) is 32.1. The van der Waals surface area contributed by atoms with Crippen LogP contribution in [-0.4, -0.2) is 65.8 Å². The van der Waals surface area contributed by atoms with Crippen molar-refractivity contribution in [2.45, 2.75) is 115 Å². The molecule has 1 fully saturated rings. The maximum absolute atomic E-state index is 13.2. The van der Waals surface area contributed by atoms with E-state index >= 15 is 0 Å². The minimum Gasteiger partial charge on any atom is -0.444 e. The Balaban J connectivity index is 1.80. The Kier molecular flexibility index (Phi) is 12.9. The highest BCUT2D eigenvalue weighted by Crippen LogP contribution is 2.34. The molecule has 1 aliphatic rings. The van der Waals surface area contributed by atoms with Gasteiger partial charge in [0.2, 0.25) is 0 Å². The molecule has 5 atom stereocenters. The summed E-state index contributed by atoms with van der Waals surface area (Å²) in [5.41, 5.74) is 1.47. The van der Waals surface area contributed by atoms with E-state index in [4.69, 9.17) is 18.9 Å². The average molecular weight is 556 g/mol. The molecule has 40 heavy (non-hydrogen) atoms. The van der Waals surface area contributed by atoms with Gasteiger partial charge in [0.05, 0.1) is 44.2 Å². The number of carbonyl (C=O) groups excluding carboxylic acids is 1. The van der Waals surface area contributed by atoms with Crippen molar-refractivity contribution in [2.24, 2.45) is 0 Å². The van der Waals surface area contributed by atoms with Crippen LogP contribution in [0.15, 0.2) is 60.7 Å². The zero-order valence-electron chi connectivity index (χ0n) is 25.0. The van der Waals surface area contributed by atoms with Crippen LogP contribution in [-0.2, 0) is 32.2 Å². The molecule has 1 aliphatic carbocycles. The number of rotatable bonds is 15. The third kappa shape index (κ3) is 10.5. The van der Waals surface area contributed by atoms with E-state index in [1.165, 1.54) is 0 Å². The minimum absolute atomic E-state index is 0.173. The Morgan fingerprint density at radius 2 is 1.48 bits per heavy atom. The van der Waals surface area contributed by atoms with Crippen molar-refractivity contribution in [3.8, 4) is 0 Å². The zero-order chi connectivity index (χ0) is 29.0. The number of hydrogen-bond acceptors (Lipinski definition) is 6. The number of ether oxygens (including phenoxy) is 4. The highest BCUT2D eigenvalue weighted by molar-refractivity contribution is 5.68. The highest BCUT2D eigenvalue weighted by Gasteiger charge is 2.49. The van der Waals surface area contributed by atoms with Gasteiger partial charge >= 0.3 is 6.09 Å². The van der Waals surface area contributed by atoms with Gasteiger partial charge in [-0.3, -0.25) is 0 Å². The third-order valence-electron chi connectivity index (χ3n) is 7.16. The number of aliphatic hydroxyl groups is 1. The lowest BCUT2D eigenvalue weighted by Gasteiger charge is -2.35. The first-order chi connectivity index (χ1) is 19.2. The fourth-order valence-corrected chi connectivity index (χ4v) is 5.06. The molecule has 0 bridgehead atoms. The summed E-state index contributed by atoms with van der Waals surface area (Å²) in [4.78, 5) is 14.8. The van der Waals surface area contributed by atoms with E-state index in [1.807, 2.05) is 81.4 Å². The highest BCUT2D eigenvalue weighted by atomic mass is 16.6. The molecule has 7 nitrogen and oxygen atoms in total. The second-order valence-corrected chi connectivity index (χ2v) is 11.8. The van der Waals surface area contributed by atoms with Crippen LogP contribution in [0.3, 0.4) is 0 Å². The van der Waals surface area contributed by atoms with E-state index in [0.29, 0.717) is 26.1 Å². The van der Waals surface area contributed by atoms with Gasteiger partial charge in [0.15, 0.2) is 0 Å². The molecule has 2 aromatic carbocycles. The van der Waals surface area contributed by atoms with Crippen LogP contribution in [0.25, 0.3) is 0 Å². The fraction of sp³-hybridized carbons (Fsp3) is 0.606. The topological polar surface area (TPSA) is 77.5 Å². The lowest BCUT2D eigenvalue weighted by molar-refractivity contribution is -0.106. The van der Waals surface area contributed by atoms with Crippen LogP contribution >= 0.6 is 0 Å². The van der Waals surface area contributed by atoms with Crippen LogP contribution in [0.4, 0.5) is 4.79 Å². The quantitative estimate of drug-likeness (QED) is 0.252. The molecule has 1 N–H and O–H groups in total. The van der Waals surface area contributed by atoms with E-state index in [2.05, 4.69) is 6.92 Å². The number of likely N-dealkylation sites (N-methyl/N-ethyl adjacent to an activating group) is 1. The van der Waals surface area contributed by atoms with E-state index < -0.39 is 29.9 Å². The molecule has 2 aromatic rings. The summed E-state index contributed by atoms with van der Waals surface area (Å²) >= 11 is 0. The maximum Gasteiger partial charge on any atom is 0.410 e. The lowest BCUT2D eigenvalue weighted by atomic mass is 10.1. The smallest absolute Gasteiger partial charge is 0.410 e. The van der Waals surface area contributed by atoms with Crippen molar-refractivity contribution in [3.05, 3.63) is 71.8 Å². The number of hydrogen-bond donors (Lipinski definition) is 1. The van der Waals surface area contributed by atoms with Crippen LogP contribution in [0, 0.1) is 0 Å². The van der Waals surface area contributed by atoms with Gasteiger partial charge in [-0.1, -0.05) is 93.3 Å². The second kappa shape index (κ2) is 16.1. The Morgan fingerprint density at radius 3 is 2.02 bits per heavy atom. The lowest BCUT2D eigenvalue weighted by Crippen LogP contribution is -2.52. The molecule has 0 spiro atoms. The number of benzene rings is 2. The molecule has 1 unspecified atom stereocenters. The molecule has 0 heterocycles. The van der Waals surface area contributed by atoms with Gasteiger partial charge in [-0.15, -0.1) is 0 Å². The molecule has 0 saturated heterocycles. The zero-order valence-corrected chi connectivity index (χ0v) is 25.0. The van der Waals surface area contributed by atoms with Gasteiger partial charge in [0.1, 0.15) is 11.7 Å². The summed E-state index contributed by atoms with van der Waals surface area (Å²) in [6.07, 6.45) is 3.41. The van der Waals surface area contributed by atoms with Gasteiger partial charge in [0.25, 0.3) is 0 Å². The normalized spacial score (nSPS) is 21.8. The Bertz CT molecular complexity index is 979. The summed E-state index contributed by atoms with van der Waals surface area (Å²) < 4.78 is 25.0. The maximum atomic E-state index is 13.2. The second-order valence-electron chi connectivity index (χ2n) is 11.8. The van der Waals surface area contributed by atoms with Crippen molar-refractivity contribution in [3.63, 3.8) is 0 Å². The summed E-state index contributed by atoms with van der Waals surface area (Å²) in [6.45, 7) is 8.72. The van der Waals surface area contributed by atoms with Gasteiger partial charge in [-0.05, 0) is 38.3 Å². The number of unbranched alkanes of at least 4 members (excludes halogenated alkanes) is 3. The van der Waals surface area contributed by atoms with E-state index in [-0.39, 0.29) is 18.8 Å². The molecule has 0 aliphatic heterocycles. The molecule has 7 heteroatoms.